The summed E-state index contributed by atoms with van der Waals surface area (Å²) < 4.78 is 10.9. The predicted octanol–water partition coefficient (Wildman–Crippen LogP) is 9.25. The molecule has 0 bridgehead atoms. The molecule has 0 heterocycles. The summed E-state index contributed by atoms with van der Waals surface area (Å²) in [6, 6.07) is 0. The highest BCUT2D eigenvalue weighted by atomic mass is 31.2. The van der Waals surface area contributed by atoms with Gasteiger partial charge in [0.15, 0.2) is 0 Å². The molecule has 0 aromatic heterocycles. The lowest BCUT2D eigenvalue weighted by Crippen LogP contribution is -2.28. The monoisotopic (exact) mass is 488 g/mol. The second-order valence-electron chi connectivity index (χ2n) is 10.1. The molecule has 0 aliphatic carbocycles. The molecule has 0 aliphatic heterocycles. The van der Waals surface area contributed by atoms with Gasteiger partial charge < -0.3 is 9.47 Å². The first kappa shape index (κ1) is 33.3. The van der Waals surface area contributed by atoms with E-state index in [1.54, 1.807) is 7.11 Å². The lowest BCUT2D eigenvalue weighted by atomic mass is 10.1. The second kappa shape index (κ2) is 26.9. The van der Waals surface area contributed by atoms with Gasteiger partial charge in [-0.1, -0.05) is 97.8 Å². The molecular weight excluding hydrogens is 425 g/mol. The Balaban J connectivity index is 4.74. The van der Waals surface area contributed by atoms with Crippen molar-refractivity contribution in [1.29, 1.82) is 0 Å². The Morgan fingerprint density at radius 3 is 1.27 bits per heavy atom. The van der Waals surface area contributed by atoms with E-state index in [0.29, 0.717) is 6.61 Å². The van der Waals surface area contributed by atoms with Crippen LogP contribution in [0.4, 0.5) is 0 Å². The van der Waals surface area contributed by atoms with Crippen LogP contribution in [-0.2, 0) is 9.47 Å². The first-order valence-electron chi connectivity index (χ1n) is 14.9. The minimum atomic E-state index is -1.08. The quantitative estimate of drug-likeness (QED) is 0.0879. The Bertz CT molecular complexity index is 298. The molecule has 0 aliphatic rings. The summed E-state index contributed by atoms with van der Waals surface area (Å²) in [7, 11) is 0.670. The molecule has 0 amide bonds. The summed E-state index contributed by atoms with van der Waals surface area (Å²) in [4.78, 5) is 0. The highest BCUT2D eigenvalue weighted by Gasteiger charge is 2.35. The van der Waals surface area contributed by atoms with Gasteiger partial charge in [0.25, 0.3) is 0 Å². The van der Waals surface area contributed by atoms with Crippen molar-refractivity contribution in [3.8, 4) is 0 Å². The van der Waals surface area contributed by atoms with Gasteiger partial charge in [-0.05, 0) is 38.5 Å². The topological polar surface area (TPSA) is 30.5 Å². The van der Waals surface area contributed by atoms with E-state index in [0.717, 1.165) is 19.8 Å². The van der Waals surface area contributed by atoms with Crippen LogP contribution in [0.2, 0.25) is 0 Å². The number of rotatable bonds is 28. The maximum absolute atomic E-state index is 5.81. The average Bonchev–Trinajstić information content (AvgIpc) is 2.83. The van der Waals surface area contributed by atoms with E-state index in [2.05, 4.69) is 25.9 Å². The molecule has 0 aromatic rings. The SMILES string of the molecule is CCCCCCCC[P+](CCCCCCCC)(CCCCCCCC)NCCOCCOC. The lowest BCUT2D eigenvalue weighted by molar-refractivity contribution is 0.0736. The zero-order valence-corrected chi connectivity index (χ0v) is 24.3. The van der Waals surface area contributed by atoms with Gasteiger partial charge in [0.1, 0.15) is 0 Å². The van der Waals surface area contributed by atoms with Crippen molar-refractivity contribution in [3.05, 3.63) is 0 Å². The summed E-state index contributed by atoms with van der Waals surface area (Å²) in [6.07, 6.45) is 29.8. The standard InChI is InChI=1S/C29H63NO2P/c1-5-8-11-14-17-20-27-33(28-21-18-15-12-9-6-2,29-22-19-16-13-10-7-3)30-23-24-32-26-25-31-4/h30H,5-29H2,1-4H3/q+1. The van der Waals surface area contributed by atoms with Crippen molar-refractivity contribution < 1.29 is 9.47 Å². The summed E-state index contributed by atoms with van der Waals surface area (Å²) in [6.45, 7) is 10.2. The van der Waals surface area contributed by atoms with E-state index in [9.17, 15) is 0 Å². The second-order valence-corrected chi connectivity index (χ2v) is 14.1. The van der Waals surface area contributed by atoms with E-state index in [1.807, 2.05) is 0 Å². The average molecular weight is 489 g/mol. The zero-order valence-electron chi connectivity index (χ0n) is 23.4. The highest BCUT2D eigenvalue weighted by molar-refractivity contribution is 7.74. The van der Waals surface area contributed by atoms with Crippen LogP contribution in [0.25, 0.3) is 0 Å². The Morgan fingerprint density at radius 2 is 0.879 bits per heavy atom. The number of nitrogens with one attached hydrogen (secondary N) is 1. The van der Waals surface area contributed by atoms with Crippen LogP contribution in [0.1, 0.15) is 136 Å². The third-order valence-electron chi connectivity index (χ3n) is 6.94. The molecule has 0 unspecified atom stereocenters. The fraction of sp³-hybridized carbons (Fsp3) is 1.00. The van der Waals surface area contributed by atoms with E-state index >= 15 is 0 Å². The van der Waals surface area contributed by atoms with Gasteiger partial charge in [-0.15, -0.1) is 0 Å². The maximum atomic E-state index is 5.81. The lowest BCUT2D eigenvalue weighted by Gasteiger charge is -2.29. The first-order valence-corrected chi connectivity index (χ1v) is 17.3. The molecule has 0 saturated heterocycles. The maximum Gasteiger partial charge on any atom is 0.0800 e. The van der Waals surface area contributed by atoms with Gasteiger partial charge in [0, 0.05) is 7.11 Å². The third-order valence-corrected chi connectivity index (χ3v) is 11.4. The first-order chi connectivity index (χ1) is 16.2. The van der Waals surface area contributed by atoms with Crippen molar-refractivity contribution in [3.63, 3.8) is 0 Å². The molecule has 33 heavy (non-hydrogen) atoms. The molecule has 0 radical (unpaired) electrons. The van der Waals surface area contributed by atoms with Gasteiger partial charge in [-0.3, -0.25) is 0 Å². The summed E-state index contributed by atoms with van der Waals surface area (Å²) >= 11 is 0. The van der Waals surface area contributed by atoms with Crippen molar-refractivity contribution >= 4 is 7.41 Å². The number of hydrogen-bond acceptors (Lipinski definition) is 3. The summed E-state index contributed by atoms with van der Waals surface area (Å²) in [5, 5.41) is 4.16. The van der Waals surface area contributed by atoms with Crippen molar-refractivity contribution in [2.24, 2.45) is 0 Å². The number of hydrogen-bond donors (Lipinski definition) is 1. The van der Waals surface area contributed by atoms with Gasteiger partial charge >= 0.3 is 0 Å². The van der Waals surface area contributed by atoms with Crippen LogP contribution in [0.15, 0.2) is 0 Å². The predicted molar refractivity (Wildman–Crippen MR) is 152 cm³/mol. The largest absolute Gasteiger partial charge is 0.382 e. The zero-order chi connectivity index (χ0) is 24.3. The summed E-state index contributed by atoms with van der Waals surface area (Å²) in [5.41, 5.74) is 0. The Kier molecular flexibility index (Phi) is 27.2. The fourth-order valence-electron chi connectivity index (χ4n) is 4.76. The van der Waals surface area contributed by atoms with Crippen LogP contribution in [0.5, 0.6) is 0 Å². The van der Waals surface area contributed by atoms with Crippen molar-refractivity contribution in [2.75, 3.05) is 52.0 Å². The van der Waals surface area contributed by atoms with E-state index in [-0.39, 0.29) is 0 Å². The van der Waals surface area contributed by atoms with Crippen LogP contribution in [0, 0.1) is 0 Å². The molecule has 200 valence electrons. The van der Waals surface area contributed by atoms with E-state index in [4.69, 9.17) is 9.47 Å². The number of unbranched alkanes of at least 4 members (excludes halogenated alkanes) is 15. The van der Waals surface area contributed by atoms with Crippen LogP contribution in [0.3, 0.4) is 0 Å². The Hall–Kier alpha value is 0.310. The van der Waals surface area contributed by atoms with Gasteiger partial charge in [-0.25, -0.2) is 0 Å². The van der Waals surface area contributed by atoms with E-state index < -0.39 is 7.41 Å². The summed E-state index contributed by atoms with van der Waals surface area (Å²) in [5.74, 6) is 0. The van der Waals surface area contributed by atoms with Crippen molar-refractivity contribution in [2.45, 2.75) is 136 Å². The molecule has 3 nitrogen and oxygen atoms in total. The molecule has 0 rings (SSSR count). The van der Waals surface area contributed by atoms with Crippen molar-refractivity contribution in [1.82, 2.24) is 5.09 Å². The number of methoxy groups -OCH3 is 1. The van der Waals surface area contributed by atoms with Crippen LogP contribution < -0.4 is 5.09 Å². The molecular formula is C29H63NO2P+. The third kappa shape index (κ3) is 22.5. The van der Waals surface area contributed by atoms with Crippen LogP contribution in [-0.4, -0.2) is 52.0 Å². The molecule has 0 aromatic carbocycles. The Labute approximate surface area is 210 Å². The molecule has 1 N–H and O–H groups in total. The van der Waals surface area contributed by atoms with Gasteiger partial charge in [0.2, 0.25) is 0 Å². The highest BCUT2D eigenvalue weighted by Crippen LogP contribution is 2.57. The smallest absolute Gasteiger partial charge is 0.0800 e. The van der Waals surface area contributed by atoms with Gasteiger partial charge in [-0.2, -0.15) is 5.09 Å². The molecule has 4 heteroatoms. The molecule has 0 saturated carbocycles. The van der Waals surface area contributed by atoms with Crippen LogP contribution >= 0.6 is 7.41 Å². The van der Waals surface area contributed by atoms with Gasteiger partial charge in [0.05, 0.1) is 52.3 Å². The fourth-order valence-corrected chi connectivity index (χ4v) is 8.95. The minimum absolute atomic E-state index is 0.702. The normalized spacial score (nSPS) is 12.0. The van der Waals surface area contributed by atoms with E-state index in [1.165, 1.54) is 134 Å². The Morgan fingerprint density at radius 1 is 0.485 bits per heavy atom. The number of ether oxygens (including phenoxy) is 2. The minimum Gasteiger partial charge on any atom is -0.382 e. The molecule has 0 spiro atoms. The molecule has 0 fully saturated rings. The molecule has 0 atom stereocenters.